The molecule has 7 nitrogen and oxygen atoms in total. The molecule has 8 heteroatoms. The Morgan fingerprint density at radius 2 is 1.94 bits per heavy atom. The molecule has 0 amide bonds. The van der Waals surface area contributed by atoms with Gasteiger partial charge in [0, 0.05) is 43.3 Å². The van der Waals surface area contributed by atoms with E-state index in [1.165, 1.54) is 17.5 Å². The maximum absolute atomic E-state index is 14.7. The molecule has 1 atom stereocenters. The Morgan fingerprint density at radius 1 is 1.12 bits per heavy atom. The van der Waals surface area contributed by atoms with Crippen molar-refractivity contribution < 1.29 is 9.50 Å². The zero-order valence-electron chi connectivity index (χ0n) is 17.9. The summed E-state index contributed by atoms with van der Waals surface area (Å²) in [6, 6.07) is 9.84. The second-order valence-electron chi connectivity index (χ2n) is 9.01. The number of pyridine rings is 2. The highest BCUT2D eigenvalue weighted by atomic mass is 19.1. The van der Waals surface area contributed by atoms with E-state index in [9.17, 15) is 9.50 Å². The Hall–Kier alpha value is -3.26. The Labute approximate surface area is 184 Å². The number of fused-ring (bicyclic) bond motifs is 2. The number of anilines is 1. The number of halogens is 1. The summed E-state index contributed by atoms with van der Waals surface area (Å²) in [7, 11) is 1.72. The molecule has 1 aromatic carbocycles. The van der Waals surface area contributed by atoms with Crippen molar-refractivity contribution in [2.75, 3.05) is 24.5 Å². The van der Waals surface area contributed by atoms with Crippen molar-refractivity contribution in [1.29, 1.82) is 0 Å². The first-order valence-corrected chi connectivity index (χ1v) is 11.2. The summed E-state index contributed by atoms with van der Waals surface area (Å²) < 4.78 is 16.2. The van der Waals surface area contributed by atoms with Gasteiger partial charge in [0.1, 0.15) is 11.3 Å². The van der Waals surface area contributed by atoms with E-state index in [4.69, 9.17) is 4.98 Å². The average molecular weight is 433 g/mol. The van der Waals surface area contributed by atoms with E-state index in [1.807, 2.05) is 18.2 Å². The van der Waals surface area contributed by atoms with Gasteiger partial charge in [-0.05, 0) is 62.1 Å². The van der Waals surface area contributed by atoms with Crippen LogP contribution in [-0.2, 0) is 7.05 Å². The van der Waals surface area contributed by atoms with Gasteiger partial charge in [-0.3, -0.25) is 4.68 Å². The number of rotatable bonds is 5. The zero-order valence-corrected chi connectivity index (χ0v) is 17.9. The maximum atomic E-state index is 14.7. The second-order valence-corrected chi connectivity index (χ2v) is 9.01. The quantitative estimate of drug-likeness (QED) is 0.502. The van der Waals surface area contributed by atoms with Crippen molar-refractivity contribution in [3.63, 3.8) is 0 Å². The molecule has 0 bridgehead atoms. The number of hydrogen-bond donors (Lipinski definition) is 2. The average Bonchev–Trinajstić information content (AvgIpc) is 3.37. The van der Waals surface area contributed by atoms with Crippen LogP contribution in [0.25, 0.3) is 33.2 Å². The first-order valence-electron chi connectivity index (χ1n) is 11.2. The molecule has 0 spiro atoms. The molecule has 2 aliphatic rings. The van der Waals surface area contributed by atoms with E-state index in [2.05, 4.69) is 20.3 Å². The van der Waals surface area contributed by atoms with Crippen molar-refractivity contribution in [1.82, 2.24) is 25.1 Å². The molecule has 1 aliphatic heterocycles. The minimum Gasteiger partial charge on any atom is -0.504 e. The highest BCUT2D eigenvalue weighted by Gasteiger charge is 2.27. The van der Waals surface area contributed by atoms with Gasteiger partial charge in [0.15, 0.2) is 11.6 Å². The second kappa shape index (κ2) is 7.41. The molecule has 3 aromatic heterocycles. The van der Waals surface area contributed by atoms with Crippen LogP contribution in [0.5, 0.6) is 5.75 Å². The minimum absolute atomic E-state index is 0.149. The summed E-state index contributed by atoms with van der Waals surface area (Å²) in [6.45, 7) is 3.09. The van der Waals surface area contributed by atoms with Crippen LogP contribution in [0.2, 0.25) is 0 Å². The maximum Gasteiger partial charge on any atom is 0.193 e. The fourth-order valence-corrected chi connectivity index (χ4v) is 4.55. The third-order valence-electron chi connectivity index (χ3n) is 6.54. The molecule has 32 heavy (non-hydrogen) atoms. The zero-order chi connectivity index (χ0) is 21.8. The summed E-state index contributed by atoms with van der Waals surface area (Å²) in [4.78, 5) is 11.8. The normalized spacial score (nSPS) is 18.8. The number of nitrogens with zero attached hydrogens (tertiary/aromatic N) is 5. The van der Waals surface area contributed by atoms with Crippen LogP contribution >= 0.6 is 0 Å². The lowest BCUT2D eigenvalue weighted by molar-refractivity contribution is 0.437. The lowest BCUT2D eigenvalue weighted by Crippen LogP contribution is -2.34. The summed E-state index contributed by atoms with van der Waals surface area (Å²) in [6.07, 6.45) is 5.58. The van der Waals surface area contributed by atoms with E-state index in [0.29, 0.717) is 28.2 Å². The van der Waals surface area contributed by atoms with Gasteiger partial charge in [0.25, 0.3) is 0 Å². The third-order valence-corrected chi connectivity index (χ3v) is 6.54. The smallest absolute Gasteiger partial charge is 0.193 e. The Kier molecular flexibility index (Phi) is 4.50. The van der Waals surface area contributed by atoms with Gasteiger partial charge in [0.2, 0.25) is 0 Å². The topological polar surface area (TPSA) is 79.1 Å². The van der Waals surface area contributed by atoms with Crippen LogP contribution in [0.15, 0.2) is 36.5 Å². The summed E-state index contributed by atoms with van der Waals surface area (Å²) in [5.74, 6) is 0.671. The first kappa shape index (κ1) is 19.4. The largest absolute Gasteiger partial charge is 0.504 e. The van der Waals surface area contributed by atoms with Gasteiger partial charge in [-0.15, -0.1) is 0 Å². The molecule has 164 valence electrons. The van der Waals surface area contributed by atoms with E-state index in [0.717, 1.165) is 43.3 Å². The Morgan fingerprint density at radius 3 is 2.78 bits per heavy atom. The molecule has 1 aliphatic carbocycles. The lowest BCUT2D eigenvalue weighted by Gasteiger charge is -2.18. The molecule has 0 radical (unpaired) electrons. The van der Waals surface area contributed by atoms with Crippen LogP contribution in [0.4, 0.5) is 10.2 Å². The number of phenolic OH excluding ortho intramolecular Hbond substituents is 1. The molecule has 6 rings (SSSR count). The van der Waals surface area contributed by atoms with Gasteiger partial charge in [-0.1, -0.05) is 0 Å². The number of aromatic hydroxyl groups is 1. The molecular formula is C24H25FN6O. The van der Waals surface area contributed by atoms with E-state index in [1.54, 1.807) is 25.4 Å². The van der Waals surface area contributed by atoms with E-state index in [-0.39, 0.29) is 5.52 Å². The molecule has 2 N–H and O–H groups in total. The monoisotopic (exact) mass is 432 g/mol. The molecule has 4 aromatic rings. The predicted octanol–water partition coefficient (Wildman–Crippen LogP) is 3.61. The van der Waals surface area contributed by atoms with Crippen LogP contribution in [0.1, 0.15) is 19.3 Å². The SMILES string of the molecule is Cn1cc2cc(-c3ccc4nc(N5CCC(NCC6CC6)C5)ccc4n3)c(O)c(F)c2n1. The number of benzene rings is 1. The van der Waals surface area contributed by atoms with Crippen LogP contribution in [0.3, 0.4) is 0 Å². The molecule has 2 fully saturated rings. The number of nitrogens with one attached hydrogen (secondary N) is 1. The van der Waals surface area contributed by atoms with Gasteiger partial charge < -0.3 is 15.3 Å². The number of phenols is 1. The van der Waals surface area contributed by atoms with Crippen molar-refractivity contribution in [2.45, 2.75) is 25.3 Å². The van der Waals surface area contributed by atoms with Crippen LogP contribution in [-0.4, -0.2) is 50.5 Å². The van der Waals surface area contributed by atoms with Crippen molar-refractivity contribution >= 4 is 27.8 Å². The van der Waals surface area contributed by atoms with E-state index >= 15 is 0 Å². The fourth-order valence-electron chi connectivity index (χ4n) is 4.55. The van der Waals surface area contributed by atoms with Crippen LogP contribution < -0.4 is 10.2 Å². The number of hydrogen-bond acceptors (Lipinski definition) is 6. The fraction of sp³-hybridized carbons (Fsp3) is 0.375. The van der Waals surface area contributed by atoms with Gasteiger partial charge in [-0.25, -0.2) is 14.4 Å². The Balaban J connectivity index is 1.28. The molecule has 1 unspecified atom stereocenters. The molecule has 1 saturated carbocycles. The van der Waals surface area contributed by atoms with Gasteiger partial charge in [-0.2, -0.15) is 5.10 Å². The van der Waals surface area contributed by atoms with Gasteiger partial charge >= 0.3 is 0 Å². The summed E-state index contributed by atoms with van der Waals surface area (Å²) in [5, 5.41) is 18.8. The third kappa shape index (κ3) is 3.44. The Bertz CT molecular complexity index is 1330. The molecule has 1 saturated heterocycles. The van der Waals surface area contributed by atoms with E-state index < -0.39 is 11.6 Å². The number of aryl methyl sites for hydroxylation is 1. The van der Waals surface area contributed by atoms with Crippen molar-refractivity contribution in [3.05, 3.63) is 42.3 Å². The standard InChI is InChI=1S/C24H25FN6O/c1-30-12-15-10-17(24(32)22(25)23(15)29-30)18-4-5-20-19(27-18)6-7-21(28-20)31-9-8-16(13-31)26-11-14-2-3-14/h4-7,10,12,14,16,26,32H,2-3,8-9,11,13H2,1H3. The predicted molar refractivity (Wildman–Crippen MR) is 122 cm³/mol. The highest BCUT2D eigenvalue weighted by Crippen LogP contribution is 2.36. The van der Waals surface area contributed by atoms with Crippen LogP contribution in [0, 0.1) is 11.7 Å². The van der Waals surface area contributed by atoms with Gasteiger partial charge in [0.05, 0.1) is 16.7 Å². The molecule has 4 heterocycles. The first-order chi connectivity index (χ1) is 15.5. The minimum atomic E-state index is -0.729. The highest BCUT2D eigenvalue weighted by molar-refractivity contribution is 5.89. The summed E-state index contributed by atoms with van der Waals surface area (Å²) >= 11 is 0. The summed E-state index contributed by atoms with van der Waals surface area (Å²) in [5.41, 5.74) is 2.48. The lowest BCUT2D eigenvalue weighted by atomic mass is 10.1. The molecular weight excluding hydrogens is 407 g/mol. The van der Waals surface area contributed by atoms with Crippen molar-refractivity contribution in [2.24, 2.45) is 13.0 Å². The van der Waals surface area contributed by atoms with Crippen molar-refractivity contribution in [3.8, 4) is 17.0 Å². The number of aromatic nitrogens is 4.